The van der Waals surface area contributed by atoms with Crippen LogP contribution in [0.2, 0.25) is 0 Å². The van der Waals surface area contributed by atoms with Gasteiger partial charge in [0.15, 0.2) is 0 Å². The van der Waals surface area contributed by atoms with Crippen LogP contribution in [0.1, 0.15) is 47.7 Å². The van der Waals surface area contributed by atoms with Crippen molar-refractivity contribution in [3.8, 4) is 0 Å². The summed E-state index contributed by atoms with van der Waals surface area (Å²) in [5.74, 6) is 0. The summed E-state index contributed by atoms with van der Waals surface area (Å²) in [6.07, 6.45) is 2.06. The number of nitrogens with two attached hydrogens (primary N) is 1. The van der Waals surface area contributed by atoms with Crippen LogP contribution < -0.4 is 5.73 Å². The molecule has 1 atom stereocenters. The van der Waals surface area contributed by atoms with Crippen LogP contribution in [0, 0.1) is 6.92 Å². The molecule has 0 saturated heterocycles. The molecule has 20 heavy (non-hydrogen) atoms. The number of benzene rings is 2. The van der Waals surface area contributed by atoms with Gasteiger partial charge in [-0.25, -0.2) is 0 Å². The Morgan fingerprint density at radius 1 is 1.00 bits per heavy atom. The van der Waals surface area contributed by atoms with Crippen LogP contribution in [0.25, 0.3) is 0 Å². The van der Waals surface area contributed by atoms with Crippen LogP contribution in [-0.4, -0.2) is 0 Å². The van der Waals surface area contributed by atoms with Crippen LogP contribution >= 0.6 is 15.9 Å². The Labute approximate surface area is 130 Å². The Balaban J connectivity index is 2.51. The largest absolute Gasteiger partial charge is 0.320 e. The first kappa shape index (κ1) is 15.3. The first-order valence-corrected chi connectivity index (χ1v) is 7.99. The highest BCUT2D eigenvalue weighted by Gasteiger charge is 2.15. The van der Waals surface area contributed by atoms with Crippen LogP contribution in [-0.2, 0) is 12.8 Å². The molecule has 0 bridgehead atoms. The highest BCUT2D eigenvalue weighted by Crippen LogP contribution is 2.29. The van der Waals surface area contributed by atoms with E-state index in [0.717, 1.165) is 17.3 Å². The van der Waals surface area contributed by atoms with E-state index in [1.807, 2.05) is 0 Å². The van der Waals surface area contributed by atoms with Gasteiger partial charge in [-0.1, -0.05) is 54.0 Å². The fourth-order valence-corrected chi connectivity index (χ4v) is 2.97. The smallest absolute Gasteiger partial charge is 0.0557 e. The summed E-state index contributed by atoms with van der Waals surface area (Å²) in [5, 5.41) is 0. The standard InChI is InChI=1S/C18H22BrN/c1-4-13-7-8-14(5-2)17(10-13)18(20)16-11-15(19)9-6-12(16)3/h6-11,18H,4-5,20H2,1-3H3. The van der Waals surface area contributed by atoms with Crippen molar-refractivity contribution >= 4 is 15.9 Å². The molecule has 2 aromatic carbocycles. The van der Waals surface area contributed by atoms with Gasteiger partial charge in [0, 0.05) is 4.47 Å². The quantitative estimate of drug-likeness (QED) is 0.844. The fourth-order valence-electron chi connectivity index (χ4n) is 2.59. The fraction of sp³-hybridized carbons (Fsp3) is 0.333. The van der Waals surface area contributed by atoms with E-state index in [1.165, 1.54) is 27.8 Å². The van der Waals surface area contributed by atoms with Gasteiger partial charge in [-0.05, 0) is 59.7 Å². The lowest BCUT2D eigenvalue weighted by molar-refractivity contribution is 0.836. The van der Waals surface area contributed by atoms with E-state index in [1.54, 1.807) is 0 Å². The van der Waals surface area contributed by atoms with Crippen molar-refractivity contribution < 1.29 is 0 Å². The highest BCUT2D eigenvalue weighted by atomic mass is 79.9. The summed E-state index contributed by atoms with van der Waals surface area (Å²) >= 11 is 3.55. The molecule has 0 saturated carbocycles. The number of rotatable bonds is 4. The molecule has 2 rings (SSSR count). The lowest BCUT2D eigenvalue weighted by atomic mass is 9.90. The average Bonchev–Trinajstić information content (AvgIpc) is 2.48. The minimum absolute atomic E-state index is 0.0612. The summed E-state index contributed by atoms with van der Waals surface area (Å²) in [5.41, 5.74) is 12.9. The molecule has 0 fully saturated rings. The van der Waals surface area contributed by atoms with Crippen molar-refractivity contribution in [1.29, 1.82) is 0 Å². The van der Waals surface area contributed by atoms with Crippen molar-refractivity contribution in [2.75, 3.05) is 0 Å². The lowest BCUT2D eigenvalue weighted by Gasteiger charge is -2.20. The van der Waals surface area contributed by atoms with Gasteiger partial charge in [0.25, 0.3) is 0 Å². The van der Waals surface area contributed by atoms with Gasteiger partial charge >= 0.3 is 0 Å². The molecule has 0 heterocycles. The Hall–Kier alpha value is -1.12. The zero-order valence-corrected chi connectivity index (χ0v) is 14.0. The van der Waals surface area contributed by atoms with Crippen molar-refractivity contribution in [2.45, 2.75) is 39.7 Å². The molecule has 2 heteroatoms. The normalized spacial score (nSPS) is 12.4. The van der Waals surface area contributed by atoms with E-state index < -0.39 is 0 Å². The zero-order chi connectivity index (χ0) is 14.7. The molecule has 1 nitrogen and oxygen atoms in total. The third kappa shape index (κ3) is 3.13. The van der Waals surface area contributed by atoms with Crippen LogP contribution in [0.15, 0.2) is 40.9 Å². The molecule has 0 radical (unpaired) electrons. The number of aryl methyl sites for hydroxylation is 3. The van der Waals surface area contributed by atoms with Crippen molar-refractivity contribution in [3.63, 3.8) is 0 Å². The second-order valence-corrected chi connectivity index (χ2v) is 6.13. The molecule has 0 aliphatic heterocycles. The molecule has 0 aliphatic rings. The van der Waals surface area contributed by atoms with Gasteiger partial charge in [-0.15, -0.1) is 0 Å². The molecule has 0 amide bonds. The third-order valence-corrected chi connectivity index (χ3v) is 4.40. The first-order chi connectivity index (χ1) is 9.56. The average molecular weight is 332 g/mol. The van der Waals surface area contributed by atoms with Gasteiger partial charge < -0.3 is 5.73 Å². The van der Waals surface area contributed by atoms with Crippen LogP contribution in [0.3, 0.4) is 0 Å². The Bertz CT molecular complexity index is 604. The van der Waals surface area contributed by atoms with Gasteiger partial charge in [-0.3, -0.25) is 0 Å². The Morgan fingerprint density at radius 3 is 2.40 bits per heavy atom. The van der Waals surface area contributed by atoms with Crippen molar-refractivity contribution in [1.82, 2.24) is 0 Å². The second-order valence-electron chi connectivity index (χ2n) is 5.22. The summed E-state index contributed by atoms with van der Waals surface area (Å²) in [6, 6.07) is 13.0. The number of hydrogen-bond acceptors (Lipinski definition) is 1. The van der Waals surface area contributed by atoms with Crippen molar-refractivity contribution in [3.05, 3.63) is 68.7 Å². The molecular formula is C18H22BrN. The van der Waals surface area contributed by atoms with Crippen LogP contribution in [0.5, 0.6) is 0 Å². The summed E-state index contributed by atoms with van der Waals surface area (Å²) in [7, 11) is 0. The van der Waals surface area contributed by atoms with Crippen molar-refractivity contribution in [2.24, 2.45) is 5.73 Å². The molecule has 106 valence electrons. The van der Waals surface area contributed by atoms with E-state index >= 15 is 0 Å². The summed E-state index contributed by atoms with van der Waals surface area (Å²) in [6.45, 7) is 6.49. The topological polar surface area (TPSA) is 26.0 Å². The zero-order valence-electron chi connectivity index (χ0n) is 12.4. The Morgan fingerprint density at radius 2 is 1.75 bits per heavy atom. The first-order valence-electron chi connectivity index (χ1n) is 7.20. The van der Waals surface area contributed by atoms with Gasteiger partial charge in [0.05, 0.1) is 6.04 Å². The summed E-state index contributed by atoms with van der Waals surface area (Å²) in [4.78, 5) is 0. The molecule has 0 aliphatic carbocycles. The van der Waals surface area contributed by atoms with Gasteiger partial charge in [0.1, 0.15) is 0 Å². The van der Waals surface area contributed by atoms with E-state index in [4.69, 9.17) is 5.73 Å². The molecule has 2 aromatic rings. The predicted molar refractivity (Wildman–Crippen MR) is 90.1 cm³/mol. The minimum atomic E-state index is -0.0612. The lowest BCUT2D eigenvalue weighted by Crippen LogP contribution is -2.15. The maximum atomic E-state index is 6.57. The molecule has 2 N–H and O–H groups in total. The predicted octanol–water partition coefficient (Wildman–Crippen LogP) is 4.93. The molecule has 1 unspecified atom stereocenters. The third-order valence-electron chi connectivity index (χ3n) is 3.91. The number of halogens is 1. The Kier molecular flexibility index (Phi) is 5.00. The molecular weight excluding hydrogens is 310 g/mol. The molecule has 0 aromatic heterocycles. The highest BCUT2D eigenvalue weighted by molar-refractivity contribution is 9.10. The number of hydrogen-bond donors (Lipinski definition) is 1. The maximum Gasteiger partial charge on any atom is 0.0557 e. The summed E-state index contributed by atoms with van der Waals surface area (Å²) < 4.78 is 1.08. The van der Waals surface area contributed by atoms with Crippen LogP contribution in [0.4, 0.5) is 0 Å². The van der Waals surface area contributed by atoms with Gasteiger partial charge in [0.2, 0.25) is 0 Å². The maximum absolute atomic E-state index is 6.57. The molecule has 0 spiro atoms. The van der Waals surface area contributed by atoms with Gasteiger partial charge in [-0.2, -0.15) is 0 Å². The minimum Gasteiger partial charge on any atom is -0.320 e. The van der Waals surface area contributed by atoms with E-state index in [9.17, 15) is 0 Å². The van der Waals surface area contributed by atoms with E-state index in [0.29, 0.717) is 0 Å². The van der Waals surface area contributed by atoms with E-state index in [2.05, 4.69) is 73.1 Å². The monoisotopic (exact) mass is 331 g/mol. The SMILES string of the molecule is CCc1ccc(CC)c(C(N)c2cc(Br)ccc2C)c1. The second kappa shape index (κ2) is 6.55. The van der Waals surface area contributed by atoms with E-state index in [-0.39, 0.29) is 6.04 Å².